The summed E-state index contributed by atoms with van der Waals surface area (Å²) in [7, 11) is 0.775. The van der Waals surface area contributed by atoms with Gasteiger partial charge in [-0.2, -0.15) is 0 Å². The molecule has 1 aromatic rings. The highest BCUT2D eigenvalue weighted by atomic mass is 16.7. The highest BCUT2D eigenvalue weighted by molar-refractivity contribution is 6.63. The van der Waals surface area contributed by atoms with Crippen molar-refractivity contribution in [1.29, 1.82) is 0 Å². The lowest BCUT2D eigenvalue weighted by atomic mass is 9.79. The molecular weight excluding hydrogens is 361 g/mol. The van der Waals surface area contributed by atoms with E-state index >= 15 is 0 Å². The molecule has 1 aliphatic rings. The number of methoxy groups -OCH3 is 1. The Morgan fingerprint density at radius 3 is 2.18 bits per heavy atom. The summed E-state index contributed by atoms with van der Waals surface area (Å²) in [5.41, 5.74) is -1.56. The summed E-state index contributed by atoms with van der Waals surface area (Å²) >= 11 is 0. The molecule has 0 saturated carbocycles. The van der Waals surface area contributed by atoms with Crippen LogP contribution in [-0.2, 0) is 18.8 Å². The molecule has 0 amide bonds. The molecule has 1 aromatic heterocycles. The van der Waals surface area contributed by atoms with Gasteiger partial charge in [0, 0.05) is 17.7 Å². The van der Waals surface area contributed by atoms with Gasteiger partial charge in [-0.15, -0.1) is 0 Å². The standard InChI is InChI=1S/C20H32BNO6/c1-10-14(17(24)26-18(2,3)4)22-12-15(25-9)13(11-16(22)23)21-27-19(5,6)20(7,8)28-21/h11-12,14H,10H2,1-9H3. The van der Waals surface area contributed by atoms with Crippen molar-refractivity contribution in [2.45, 2.75) is 84.7 Å². The van der Waals surface area contributed by atoms with Gasteiger partial charge >= 0.3 is 13.1 Å². The average molecular weight is 393 g/mol. The number of ether oxygens (including phenoxy) is 2. The molecule has 7 nitrogen and oxygen atoms in total. The largest absolute Gasteiger partial charge is 0.498 e. The normalized spacial score (nSPS) is 19.4. The molecule has 1 fully saturated rings. The molecule has 156 valence electrons. The van der Waals surface area contributed by atoms with Crippen LogP contribution >= 0.6 is 0 Å². The molecular formula is C20H32BNO6. The Morgan fingerprint density at radius 2 is 1.75 bits per heavy atom. The lowest BCUT2D eigenvalue weighted by Crippen LogP contribution is -2.41. The molecule has 0 N–H and O–H groups in total. The summed E-state index contributed by atoms with van der Waals surface area (Å²) in [6.45, 7) is 15.0. The first-order chi connectivity index (χ1) is 12.7. The number of nitrogens with zero attached hydrogens (tertiary/aromatic N) is 1. The van der Waals surface area contributed by atoms with Gasteiger partial charge in [0.2, 0.25) is 0 Å². The van der Waals surface area contributed by atoms with E-state index in [2.05, 4.69) is 0 Å². The Kier molecular flexibility index (Phi) is 6.07. The van der Waals surface area contributed by atoms with Gasteiger partial charge < -0.3 is 18.8 Å². The summed E-state index contributed by atoms with van der Waals surface area (Å²) in [6.07, 6.45) is 1.94. The van der Waals surface area contributed by atoms with Crippen LogP contribution in [-0.4, -0.2) is 41.6 Å². The molecule has 1 atom stereocenters. The number of pyridine rings is 1. The van der Waals surface area contributed by atoms with E-state index in [1.54, 1.807) is 20.8 Å². The average Bonchev–Trinajstić information content (AvgIpc) is 2.75. The van der Waals surface area contributed by atoms with E-state index in [9.17, 15) is 9.59 Å². The molecule has 0 bridgehead atoms. The van der Waals surface area contributed by atoms with Gasteiger partial charge in [0.15, 0.2) is 0 Å². The Morgan fingerprint density at radius 1 is 1.21 bits per heavy atom. The van der Waals surface area contributed by atoms with Gasteiger partial charge in [-0.25, -0.2) is 4.79 Å². The minimum Gasteiger partial charge on any atom is -0.496 e. The molecule has 8 heteroatoms. The minimum absolute atomic E-state index is 0.344. The zero-order chi connectivity index (χ0) is 21.5. The van der Waals surface area contributed by atoms with E-state index in [4.69, 9.17) is 18.8 Å². The molecule has 2 heterocycles. The van der Waals surface area contributed by atoms with Crippen LogP contribution in [0.5, 0.6) is 5.75 Å². The number of hydrogen-bond donors (Lipinski definition) is 0. The number of carbonyl (C=O) groups is 1. The van der Waals surface area contributed by atoms with E-state index in [0.29, 0.717) is 17.6 Å². The van der Waals surface area contributed by atoms with Crippen LogP contribution in [0.25, 0.3) is 0 Å². The molecule has 1 aliphatic heterocycles. The maximum Gasteiger partial charge on any atom is 0.498 e. The Labute approximate surface area is 167 Å². The van der Waals surface area contributed by atoms with E-state index in [-0.39, 0.29) is 5.56 Å². The molecule has 0 aromatic carbocycles. The van der Waals surface area contributed by atoms with Gasteiger partial charge in [0.25, 0.3) is 5.56 Å². The second-order valence-corrected chi connectivity index (χ2v) is 9.09. The van der Waals surface area contributed by atoms with Crippen LogP contribution < -0.4 is 15.8 Å². The van der Waals surface area contributed by atoms with Crippen molar-refractivity contribution in [3.8, 4) is 5.75 Å². The van der Waals surface area contributed by atoms with Crippen molar-refractivity contribution in [3.05, 3.63) is 22.6 Å². The number of aromatic nitrogens is 1. The first-order valence-corrected chi connectivity index (χ1v) is 9.61. The molecule has 1 unspecified atom stereocenters. The van der Waals surface area contributed by atoms with Crippen LogP contribution in [0.1, 0.15) is 67.9 Å². The minimum atomic E-state index is -0.743. The first-order valence-electron chi connectivity index (χ1n) is 9.61. The van der Waals surface area contributed by atoms with Gasteiger partial charge in [-0.05, 0) is 54.9 Å². The van der Waals surface area contributed by atoms with E-state index in [1.165, 1.54) is 23.9 Å². The molecule has 1 saturated heterocycles. The second kappa shape index (κ2) is 7.56. The summed E-state index contributed by atoms with van der Waals surface area (Å²) in [4.78, 5) is 25.4. The lowest BCUT2D eigenvalue weighted by Gasteiger charge is -2.32. The molecule has 0 radical (unpaired) electrons. The van der Waals surface area contributed by atoms with Gasteiger partial charge in [-0.3, -0.25) is 9.36 Å². The van der Waals surface area contributed by atoms with Crippen LogP contribution in [0.2, 0.25) is 0 Å². The van der Waals surface area contributed by atoms with Gasteiger partial charge in [-0.1, -0.05) is 6.92 Å². The van der Waals surface area contributed by atoms with E-state index in [1.807, 2.05) is 34.6 Å². The van der Waals surface area contributed by atoms with Crippen molar-refractivity contribution in [1.82, 2.24) is 4.57 Å². The zero-order valence-corrected chi connectivity index (χ0v) is 18.4. The first kappa shape index (κ1) is 22.5. The third-order valence-electron chi connectivity index (χ3n) is 5.20. The fourth-order valence-corrected chi connectivity index (χ4v) is 2.96. The summed E-state index contributed by atoms with van der Waals surface area (Å²) < 4.78 is 24.4. The fraction of sp³-hybridized carbons (Fsp3) is 0.700. The van der Waals surface area contributed by atoms with Gasteiger partial charge in [0.05, 0.1) is 18.3 Å². The lowest BCUT2D eigenvalue weighted by molar-refractivity contribution is -0.159. The maximum atomic E-state index is 12.8. The summed E-state index contributed by atoms with van der Waals surface area (Å²) in [5.74, 6) is -0.0392. The number of esters is 1. The van der Waals surface area contributed by atoms with Crippen LogP contribution in [0.15, 0.2) is 17.1 Å². The van der Waals surface area contributed by atoms with Crippen LogP contribution in [0, 0.1) is 0 Å². The van der Waals surface area contributed by atoms with Crippen molar-refractivity contribution in [2.75, 3.05) is 7.11 Å². The monoisotopic (exact) mass is 393 g/mol. The number of carbonyl (C=O) groups excluding carboxylic acids is 1. The van der Waals surface area contributed by atoms with Crippen molar-refractivity contribution >= 4 is 18.6 Å². The quantitative estimate of drug-likeness (QED) is 0.565. The molecule has 2 rings (SSSR count). The molecule has 28 heavy (non-hydrogen) atoms. The summed E-state index contributed by atoms with van der Waals surface area (Å²) in [6, 6.07) is 0.668. The smallest absolute Gasteiger partial charge is 0.496 e. The molecule has 0 aliphatic carbocycles. The Hall–Kier alpha value is -1.80. The summed E-state index contributed by atoms with van der Waals surface area (Å²) in [5, 5.41) is 0. The highest BCUT2D eigenvalue weighted by Crippen LogP contribution is 2.37. The van der Waals surface area contributed by atoms with Crippen molar-refractivity contribution in [3.63, 3.8) is 0 Å². The fourth-order valence-electron chi connectivity index (χ4n) is 2.96. The zero-order valence-electron chi connectivity index (χ0n) is 18.4. The van der Waals surface area contributed by atoms with Gasteiger partial charge in [0.1, 0.15) is 17.4 Å². The predicted octanol–water partition coefficient (Wildman–Crippen LogP) is 2.45. The second-order valence-electron chi connectivity index (χ2n) is 9.09. The van der Waals surface area contributed by atoms with E-state index in [0.717, 1.165) is 0 Å². The number of rotatable bonds is 5. The predicted molar refractivity (Wildman–Crippen MR) is 108 cm³/mol. The SMILES string of the molecule is CCC(C(=O)OC(C)(C)C)n1cc(OC)c(B2OC(C)(C)C(C)(C)O2)cc1=O. The van der Waals surface area contributed by atoms with Crippen molar-refractivity contribution in [2.24, 2.45) is 0 Å². The van der Waals surface area contributed by atoms with E-state index < -0.39 is 35.9 Å². The van der Waals surface area contributed by atoms with Crippen molar-refractivity contribution < 1.29 is 23.6 Å². The Balaban J connectivity index is 2.44. The Bertz CT molecular complexity index is 777. The molecule has 0 spiro atoms. The van der Waals surface area contributed by atoms with Crippen LogP contribution in [0.3, 0.4) is 0 Å². The third kappa shape index (κ3) is 4.44. The van der Waals surface area contributed by atoms with Crippen LogP contribution in [0.4, 0.5) is 0 Å². The highest BCUT2D eigenvalue weighted by Gasteiger charge is 2.52. The third-order valence-corrected chi connectivity index (χ3v) is 5.20. The maximum absolute atomic E-state index is 12.8. The topological polar surface area (TPSA) is 76.0 Å². The number of hydrogen-bond acceptors (Lipinski definition) is 6.